The average molecular weight is 251 g/mol. The molecule has 2 rings (SSSR count). The third-order valence-corrected chi connectivity index (χ3v) is 2.62. The highest BCUT2D eigenvalue weighted by atomic mass is 16.5. The van der Waals surface area contributed by atoms with Gasteiger partial charge in [-0.1, -0.05) is 0 Å². The van der Waals surface area contributed by atoms with Gasteiger partial charge in [0.05, 0.1) is 23.0 Å². The molecule has 1 heterocycles. The number of benzene rings is 1. The minimum Gasteiger partial charge on any atom is -0.408 e. The smallest absolute Gasteiger partial charge is 0.408 e. The van der Waals surface area contributed by atoms with E-state index in [4.69, 9.17) is 14.9 Å². The van der Waals surface area contributed by atoms with Crippen LogP contribution in [0.25, 0.3) is 11.1 Å². The molecule has 4 N–H and O–H groups in total. The largest absolute Gasteiger partial charge is 0.417 e. The van der Waals surface area contributed by atoms with E-state index >= 15 is 0 Å². The minimum absolute atomic E-state index is 0.0912. The molecule has 0 amide bonds. The molecular weight excluding hydrogens is 234 g/mol. The lowest BCUT2D eigenvalue weighted by Gasteiger charge is -2.14. The Morgan fingerprint density at radius 2 is 2.33 bits per heavy atom. The molecule has 6 heteroatoms. The summed E-state index contributed by atoms with van der Waals surface area (Å²) >= 11 is 0. The maximum absolute atomic E-state index is 11.1. The highest BCUT2D eigenvalue weighted by Gasteiger charge is 2.08. The van der Waals surface area contributed by atoms with E-state index in [-0.39, 0.29) is 6.10 Å². The first-order valence-corrected chi connectivity index (χ1v) is 5.88. The maximum atomic E-state index is 11.1. The molecule has 18 heavy (non-hydrogen) atoms. The van der Waals surface area contributed by atoms with Gasteiger partial charge in [0.25, 0.3) is 0 Å². The first kappa shape index (κ1) is 12.5. The number of aromatic nitrogens is 1. The Morgan fingerprint density at radius 1 is 1.56 bits per heavy atom. The Labute approximate surface area is 104 Å². The third-order valence-electron chi connectivity index (χ3n) is 2.62. The fraction of sp³-hybridized carbons (Fsp3) is 0.417. The van der Waals surface area contributed by atoms with Crippen molar-refractivity contribution in [3.63, 3.8) is 0 Å². The number of ether oxygens (including phenoxy) is 1. The van der Waals surface area contributed by atoms with Gasteiger partial charge in [0, 0.05) is 19.2 Å². The van der Waals surface area contributed by atoms with Crippen LogP contribution in [0, 0.1) is 0 Å². The maximum Gasteiger partial charge on any atom is 0.417 e. The van der Waals surface area contributed by atoms with Crippen molar-refractivity contribution in [3.05, 3.63) is 22.7 Å². The van der Waals surface area contributed by atoms with E-state index < -0.39 is 5.76 Å². The quantitative estimate of drug-likeness (QED) is 0.701. The number of rotatable bonds is 5. The summed E-state index contributed by atoms with van der Waals surface area (Å²) in [5.74, 6) is -0.482. The van der Waals surface area contributed by atoms with Crippen molar-refractivity contribution in [1.29, 1.82) is 0 Å². The van der Waals surface area contributed by atoms with Crippen molar-refractivity contribution in [1.82, 2.24) is 4.98 Å². The van der Waals surface area contributed by atoms with Crippen LogP contribution in [0.2, 0.25) is 0 Å². The zero-order valence-corrected chi connectivity index (χ0v) is 10.4. The molecule has 0 aliphatic heterocycles. The van der Waals surface area contributed by atoms with E-state index in [0.717, 1.165) is 5.69 Å². The minimum atomic E-state index is -0.482. The molecule has 0 spiro atoms. The van der Waals surface area contributed by atoms with Crippen LogP contribution in [0.3, 0.4) is 0 Å². The van der Waals surface area contributed by atoms with Gasteiger partial charge in [0.2, 0.25) is 0 Å². The summed E-state index contributed by atoms with van der Waals surface area (Å²) < 4.78 is 10.3. The van der Waals surface area contributed by atoms with Crippen molar-refractivity contribution in [3.8, 4) is 0 Å². The predicted molar refractivity (Wildman–Crippen MR) is 70.8 cm³/mol. The summed E-state index contributed by atoms with van der Waals surface area (Å²) in [5.41, 5.74) is 8.25. The van der Waals surface area contributed by atoms with Gasteiger partial charge in [-0.3, -0.25) is 4.98 Å². The molecule has 0 bridgehead atoms. The second-order valence-corrected chi connectivity index (χ2v) is 4.10. The van der Waals surface area contributed by atoms with Crippen LogP contribution in [0.5, 0.6) is 0 Å². The summed E-state index contributed by atoms with van der Waals surface area (Å²) in [4.78, 5) is 13.6. The van der Waals surface area contributed by atoms with E-state index in [1.807, 2.05) is 13.8 Å². The topological polar surface area (TPSA) is 93.3 Å². The molecule has 0 aliphatic carbocycles. The second-order valence-electron chi connectivity index (χ2n) is 4.10. The Balaban J connectivity index is 2.17. The van der Waals surface area contributed by atoms with E-state index in [9.17, 15) is 4.79 Å². The van der Waals surface area contributed by atoms with Crippen LogP contribution in [0.15, 0.2) is 21.3 Å². The first-order valence-electron chi connectivity index (χ1n) is 5.88. The van der Waals surface area contributed by atoms with Crippen LogP contribution in [-0.2, 0) is 4.74 Å². The molecule has 0 saturated heterocycles. The van der Waals surface area contributed by atoms with E-state index in [0.29, 0.717) is 29.9 Å². The number of H-pyrrole nitrogens is 1. The Kier molecular flexibility index (Phi) is 3.57. The molecule has 1 unspecified atom stereocenters. The number of aromatic amines is 1. The van der Waals surface area contributed by atoms with Gasteiger partial charge in [-0.2, -0.15) is 0 Å². The van der Waals surface area contributed by atoms with Gasteiger partial charge < -0.3 is 20.2 Å². The van der Waals surface area contributed by atoms with Gasteiger partial charge in [0.1, 0.15) is 0 Å². The first-order chi connectivity index (χ1) is 8.60. The number of anilines is 2. The van der Waals surface area contributed by atoms with Crippen LogP contribution in [0.1, 0.15) is 13.8 Å². The van der Waals surface area contributed by atoms with E-state index in [2.05, 4.69) is 10.3 Å². The number of oxazole rings is 1. The summed E-state index contributed by atoms with van der Waals surface area (Å²) in [6.07, 6.45) is 0.0912. The SMILES string of the molecule is CCOC(C)CNc1cc2[nH]c(=O)oc2cc1N. The third kappa shape index (κ3) is 2.65. The standard InChI is InChI=1S/C12H17N3O3/c1-3-17-7(2)6-14-9-5-10-11(4-8(9)13)18-12(16)15-10/h4-5,7,14H,3,6,13H2,1-2H3,(H,15,16). The lowest BCUT2D eigenvalue weighted by Crippen LogP contribution is -2.20. The van der Waals surface area contributed by atoms with Gasteiger partial charge in [-0.05, 0) is 19.9 Å². The zero-order chi connectivity index (χ0) is 13.1. The number of hydrogen-bond donors (Lipinski definition) is 3. The molecule has 1 atom stereocenters. The summed E-state index contributed by atoms with van der Waals surface area (Å²) in [6.45, 7) is 5.25. The molecule has 0 aliphatic rings. The van der Waals surface area contributed by atoms with Gasteiger partial charge >= 0.3 is 5.76 Å². The lowest BCUT2D eigenvalue weighted by atomic mass is 10.2. The van der Waals surface area contributed by atoms with Crippen molar-refractivity contribution >= 4 is 22.5 Å². The number of nitrogens with one attached hydrogen (secondary N) is 2. The summed E-state index contributed by atoms with van der Waals surface area (Å²) in [5, 5.41) is 3.19. The van der Waals surface area contributed by atoms with Gasteiger partial charge in [-0.15, -0.1) is 0 Å². The highest BCUT2D eigenvalue weighted by molar-refractivity contribution is 5.85. The average Bonchev–Trinajstić information content (AvgIpc) is 2.65. The van der Waals surface area contributed by atoms with Gasteiger partial charge in [0.15, 0.2) is 5.58 Å². The van der Waals surface area contributed by atoms with Crippen molar-refractivity contribution in [2.24, 2.45) is 0 Å². The van der Waals surface area contributed by atoms with E-state index in [1.165, 1.54) is 0 Å². The highest BCUT2D eigenvalue weighted by Crippen LogP contribution is 2.24. The van der Waals surface area contributed by atoms with Crippen LogP contribution in [0.4, 0.5) is 11.4 Å². The molecule has 6 nitrogen and oxygen atoms in total. The second kappa shape index (κ2) is 5.14. The van der Waals surface area contributed by atoms with Crippen LogP contribution >= 0.6 is 0 Å². The normalized spacial score (nSPS) is 12.8. The molecule has 1 aromatic heterocycles. The monoisotopic (exact) mass is 251 g/mol. The van der Waals surface area contributed by atoms with Crippen LogP contribution in [-0.4, -0.2) is 24.2 Å². The van der Waals surface area contributed by atoms with Crippen molar-refractivity contribution in [2.75, 3.05) is 24.2 Å². The van der Waals surface area contributed by atoms with Crippen molar-refractivity contribution in [2.45, 2.75) is 20.0 Å². The molecule has 0 saturated carbocycles. The summed E-state index contributed by atoms with van der Waals surface area (Å²) in [7, 11) is 0. The lowest BCUT2D eigenvalue weighted by molar-refractivity contribution is 0.0855. The molecule has 98 valence electrons. The number of nitrogens with two attached hydrogens (primary N) is 1. The predicted octanol–water partition coefficient (Wildman–Crippen LogP) is 1.54. The number of hydrogen-bond acceptors (Lipinski definition) is 5. The molecule has 1 aromatic carbocycles. The van der Waals surface area contributed by atoms with Crippen molar-refractivity contribution < 1.29 is 9.15 Å². The Morgan fingerprint density at radius 3 is 3.06 bits per heavy atom. The molecule has 2 aromatic rings. The molecule has 0 radical (unpaired) electrons. The Hall–Kier alpha value is -1.95. The summed E-state index contributed by atoms with van der Waals surface area (Å²) in [6, 6.07) is 3.38. The zero-order valence-electron chi connectivity index (χ0n) is 10.4. The fourth-order valence-electron chi connectivity index (χ4n) is 1.76. The number of nitrogen functional groups attached to an aromatic ring is 1. The Bertz CT molecular complexity index is 588. The molecular formula is C12H17N3O3. The number of fused-ring (bicyclic) bond motifs is 1. The van der Waals surface area contributed by atoms with Gasteiger partial charge in [-0.25, -0.2) is 4.79 Å². The van der Waals surface area contributed by atoms with E-state index in [1.54, 1.807) is 12.1 Å². The molecule has 0 fully saturated rings. The fourth-order valence-corrected chi connectivity index (χ4v) is 1.76. The van der Waals surface area contributed by atoms with Crippen LogP contribution < -0.4 is 16.8 Å².